The Balaban J connectivity index is 1.47. The van der Waals surface area contributed by atoms with Crippen LogP contribution in [-0.4, -0.2) is 51.7 Å². The van der Waals surface area contributed by atoms with E-state index in [1.807, 2.05) is 75.0 Å². The second-order valence-electron chi connectivity index (χ2n) is 8.21. The molecule has 3 aromatic heterocycles. The van der Waals surface area contributed by atoms with Gasteiger partial charge in [0.15, 0.2) is 21.5 Å². The van der Waals surface area contributed by atoms with Crippen LogP contribution in [0.3, 0.4) is 0 Å². The highest BCUT2D eigenvalue weighted by molar-refractivity contribution is 7.82. The van der Waals surface area contributed by atoms with E-state index in [-0.39, 0.29) is 0 Å². The van der Waals surface area contributed by atoms with E-state index < -0.39 is 11.0 Å². The van der Waals surface area contributed by atoms with Crippen LogP contribution in [0.5, 0.6) is 5.88 Å². The molecule has 34 heavy (non-hydrogen) atoms. The first-order chi connectivity index (χ1) is 16.5. The first-order valence-electron chi connectivity index (χ1n) is 10.8. The van der Waals surface area contributed by atoms with E-state index in [1.54, 1.807) is 16.9 Å². The van der Waals surface area contributed by atoms with E-state index in [0.29, 0.717) is 17.4 Å². The summed E-state index contributed by atoms with van der Waals surface area (Å²) in [6, 6.07) is 15.4. The number of fused-ring (bicyclic) bond motifs is 2. The minimum absolute atomic E-state index is 0.584. The number of rotatable bonds is 7. The van der Waals surface area contributed by atoms with Crippen molar-refractivity contribution < 1.29 is 8.95 Å². The molecule has 2 aromatic carbocycles. The Labute approximate surface area is 199 Å². The van der Waals surface area contributed by atoms with Crippen LogP contribution in [-0.2, 0) is 15.2 Å². The number of likely N-dealkylation sites (N-methyl/N-ethyl adjacent to an activating group) is 1. The molecule has 5 aromatic rings. The fourth-order valence-corrected chi connectivity index (χ4v) is 4.55. The molecule has 1 unspecified atom stereocenters. The van der Waals surface area contributed by atoms with E-state index in [0.717, 1.165) is 45.2 Å². The summed E-state index contributed by atoms with van der Waals surface area (Å²) in [6.07, 6.45) is 7.33. The van der Waals surface area contributed by atoms with E-state index in [9.17, 15) is 4.21 Å². The van der Waals surface area contributed by atoms with Crippen LogP contribution in [0.15, 0.2) is 78.2 Å². The first kappa shape index (κ1) is 22.1. The maximum Gasteiger partial charge on any atom is 0.213 e. The molecule has 0 aliphatic heterocycles. The Morgan fingerprint density at radius 1 is 0.941 bits per heavy atom. The number of hydrogen-bond donors (Lipinski definition) is 1. The fraction of sp³-hybridized carbons (Fsp3) is 0.160. The molecule has 5 rings (SSSR count). The van der Waals surface area contributed by atoms with Gasteiger partial charge in [-0.1, -0.05) is 22.4 Å². The van der Waals surface area contributed by atoms with E-state index in [4.69, 9.17) is 14.9 Å². The lowest BCUT2D eigenvalue weighted by molar-refractivity contribution is 0.254. The summed E-state index contributed by atoms with van der Waals surface area (Å²) in [7, 11) is 2.07. The van der Waals surface area contributed by atoms with Crippen LogP contribution in [0.2, 0.25) is 0 Å². The van der Waals surface area contributed by atoms with Crippen molar-refractivity contribution in [2.75, 3.05) is 27.2 Å². The van der Waals surface area contributed by atoms with Crippen molar-refractivity contribution in [3.63, 3.8) is 0 Å². The SMILES string of the molecule is CN(C)CCOc1ccc(-c2cnc3c(-c4ccc([SH+](N)=O)c5ccccc45)cnn3c2)cn1. The van der Waals surface area contributed by atoms with Crippen LogP contribution >= 0.6 is 0 Å². The largest absolute Gasteiger partial charge is 0.476 e. The van der Waals surface area contributed by atoms with Crippen molar-refractivity contribution in [2.45, 2.75) is 4.90 Å². The molecule has 0 bridgehead atoms. The van der Waals surface area contributed by atoms with Gasteiger partial charge in [-0.3, -0.25) is 0 Å². The highest BCUT2D eigenvalue weighted by Crippen LogP contribution is 2.34. The predicted octanol–water partition coefficient (Wildman–Crippen LogP) is 3.48. The maximum atomic E-state index is 12.0. The number of thiol groups is 1. The Kier molecular flexibility index (Phi) is 6.06. The lowest BCUT2D eigenvalue weighted by Crippen LogP contribution is -2.19. The summed E-state index contributed by atoms with van der Waals surface area (Å²) >= 11 is 0. The van der Waals surface area contributed by atoms with E-state index in [2.05, 4.69) is 15.0 Å². The van der Waals surface area contributed by atoms with Crippen LogP contribution in [0.4, 0.5) is 0 Å². The number of pyridine rings is 1. The quantitative estimate of drug-likeness (QED) is 0.287. The number of hydrogen-bond acceptors (Lipinski definition) is 6. The molecule has 0 saturated heterocycles. The topological polar surface area (TPSA) is 98.6 Å². The summed E-state index contributed by atoms with van der Waals surface area (Å²) in [5.74, 6) is 0.593. The smallest absolute Gasteiger partial charge is 0.213 e. The van der Waals surface area contributed by atoms with Crippen molar-refractivity contribution in [3.05, 3.63) is 73.3 Å². The molecule has 3 heterocycles. The summed E-state index contributed by atoms with van der Waals surface area (Å²) in [4.78, 5) is 11.8. The Morgan fingerprint density at radius 2 is 1.74 bits per heavy atom. The molecule has 0 radical (unpaired) electrons. The number of nitrogens with zero attached hydrogens (tertiary/aromatic N) is 5. The third-order valence-corrected chi connectivity index (χ3v) is 6.51. The van der Waals surface area contributed by atoms with Gasteiger partial charge in [0.25, 0.3) is 0 Å². The monoisotopic (exact) mass is 473 g/mol. The standard InChI is InChI=1S/C25H24N6O2S/c1-30(2)11-12-33-24-10-7-17(13-27-24)18-14-28-25-22(15-29-31(25)16-18)20-8-9-23(34(26)32)21-6-4-3-5-19(20)21/h3-10,13-16H,11-12H2,1-2H3,(H2,26,32)/p+1. The van der Waals surface area contributed by atoms with Crippen LogP contribution < -0.4 is 9.88 Å². The molecule has 0 aliphatic carbocycles. The van der Waals surface area contributed by atoms with Gasteiger partial charge >= 0.3 is 0 Å². The second kappa shape index (κ2) is 9.30. The van der Waals surface area contributed by atoms with Gasteiger partial charge in [0.1, 0.15) is 6.61 Å². The number of benzene rings is 2. The Hall–Kier alpha value is -3.66. The molecule has 9 heteroatoms. The van der Waals surface area contributed by atoms with Gasteiger partial charge < -0.3 is 9.64 Å². The molecule has 8 nitrogen and oxygen atoms in total. The second-order valence-corrected chi connectivity index (χ2v) is 9.34. The molecule has 2 N–H and O–H groups in total. The van der Waals surface area contributed by atoms with Crippen molar-refractivity contribution in [2.24, 2.45) is 5.14 Å². The lowest BCUT2D eigenvalue weighted by Gasteiger charge is -2.10. The van der Waals surface area contributed by atoms with E-state index in [1.165, 1.54) is 0 Å². The average molecular weight is 474 g/mol. The minimum atomic E-state index is -1.94. The first-order valence-corrected chi connectivity index (χ1v) is 12.2. The highest BCUT2D eigenvalue weighted by atomic mass is 32.2. The van der Waals surface area contributed by atoms with Gasteiger partial charge in [-0.2, -0.15) is 5.10 Å². The molecule has 1 atom stereocenters. The zero-order valence-electron chi connectivity index (χ0n) is 18.9. The average Bonchev–Trinajstić information content (AvgIpc) is 3.26. The minimum Gasteiger partial charge on any atom is -0.476 e. The third kappa shape index (κ3) is 4.28. The van der Waals surface area contributed by atoms with Gasteiger partial charge in [0, 0.05) is 53.3 Å². The van der Waals surface area contributed by atoms with Crippen molar-refractivity contribution in [3.8, 4) is 28.1 Å². The third-order valence-electron chi connectivity index (χ3n) is 5.64. The van der Waals surface area contributed by atoms with Gasteiger partial charge in [-0.15, -0.1) is 5.14 Å². The van der Waals surface area contributed by atoms with Crippen LogP contribution in [0.25, 0.3) is 38.7 Å². The zero-order chi connectivity index (χ0) is 23.7. The fourth-order valence-electron chi connectivity index (χ4n) is 3.89. The van der Waals surface area contributed by atoms with Crippen molar-refractivity contribution in [1.82, 2.24) is 24.5 Å². The maximum absolute atomic E-state index is 12.0. The molecule has 0 aliphatic rings. The zero-order valence-corrected chi connectivity index (χ0v) is 19.8. The highest BCUT2D eigenvalue weighted by Gasteiger charge is 2.17. The molecular formula is C25H25N6O2S+. The van der Waals surface area contributed by atoms with Crippen LogP contribution in [0.1, 0.15) is 0 Å². The Bertz CT molecular complexity index is 1500. The number of nitrogens with two attached hydrogens (primary N) is 1. The number of aromatic nitrogens is 4. The molecule has 0 fully saturated rings. The van der Waals surface area contributed by atoms with Gasteiger partial charge in [0.05, 0.1) is 6.20 Å². The molecule has 0 spiro atoms. The normalized spacial score (nSPS) is 12.5. The van der Waals surface area contributed by atoms with Crippen molar-refractivity contribution in [1.29, 1.82) is 0 Å². The number of ether oxygens (including phenoxy) is 1. The van der Waals surface area contributed by atoms with Gasteiger partial charge in [-0.25, -0.2) is 14.5 Å². The molecule has 0 saturated carbocycles. The lowest BCUT2D eigenvalue weighted by atomic mass is 10.00. The summed E-state index contributed by atoms with van der Waals surface area (Å²) < 4.78 is 19.5. The summed E-state index contributed by atoms with van der Waals surface area (Å²) in [5.41, 5.74) is 4.41. The molecule has 0 amide bonds. The van der Waals surface area contributed by atoms with Crippen molar-refractivity contribution >= 4 is 27.4 Å². The summed E-state index contributed by atoms with van der Waals surface area (Å²) in [5, 5.41) is 12.1. The Morgan fingerprint density at radius 3 is 2.47 bits per heavy atom. The molecule has 172 valence electrons. The van der Waals surface area contributed by atoms with Gasteiger partial charge in [0.2, 0.25) is 5.88 Å². The predicted molar refractivity (Wildman–Crippen MR) is 135 cm³/mol. The molecular weight excluding hydrogens is 448 g/mol. The van der Waals surface area contributed by atoms with Crippen LogP contribution in [0, 0.1) is 0 Å². The van der Waals surface area contributed by atoms with E-state index >= 15 is 0 Å². The van der Waals surface area contributed by atoms with Gasteiger partial charge in [-0.05, 0) is 49.3 Å². The summed E-state index contributed by atoms with van der Waals surface area (Å²) in [6.45, 7) is 1.41.